The third-order valence-corrected chi connectivity index (χ3v) is 3.77. The molecular formula is C12H9BrO2S. The number of hydrogen-bond donors (Lipinski definition) is 0. The van der Waals surface area contributed by atoms with Crippen molar-refractivity contribution in [1.82, 2.24) is 0 Å². The lowest BCUT2D eigenvalue weighted by Gasteiger charge is -2.00. The second-order valence-electron chi connectivity index (χ2n) is 3.17. The zero-order valence-corrected chi connectivity index (χ0v) is 11.0. The quantitative estimate of drug-likeness (QED) is 0.784. The summed E-state index contributed by atoms with van der Waals surface area (Å²) in [6, 6.07) is 9.76. The molecule has 0 aliphatic rings. The average molecular weight is 297 g/mol. The fraction of sp³-hybridized carbons (Fsp3) is 0.0833. The van der Waals surface area contributed by atoms with Gasteiger partial charge in [-0.2, -0.15) is 0 Å². The van der Waals surface area contributed by atoms with Crippen molar-refractivity contribution in [1.29, 1.82) is 0 Å². The van der Waals surface area contributed by atoms with E-state index < -0.39 is 0 Å². The molecule has 0 fully saturated rings. The number of ether oxygens (including phenoxy) is 1. The maximum atomic E-state index is 11.3. The van der Waals surface area contributed by atoms with Crippen molar-refractivity contribution in [3.8, 4) is 11.1 Å². The summed E-state index contributed by atoms with van der Waals surface area (Å²) in [5.41, 5.74) is 2.10. The first-order valence-corrected chi connectivity index (χ1v) is 6.31. The van der Waals surface area contributed by atoms with Crippen LogP contribution in [0.15, 0.2) is 40.2 Å². The lowest BCUT2D eigenvalue weighted by molar-refractivity contribution is 0.0606. The topological polar surface area (TPSA) is 26.3 Å². The molecule has 0 spiro atoms. The van der Waals surface area contributed by atoms with Crippen molar-refractivity contribution in [2.75, 3.05) is 7.11 Å². The largest absolute Gasteiger partial charge is 0.465 e. The minimum atomic E-state index is -0.289. The van der Waals surface area contributed by atoms with Gasteiger partial charge in [-0.1, -0.05) is 34.1 Å². The Morgan fingerprint density at radius 1 is 1.38 bits per heavy atom. The second kappa shape index (κ2) is 4.80. The molecule has 2 aromatic rings. The number of hydrogen-bond acceptors (Lipinski definition) is 3. The first-order valence-electron chi connectivity index (χ1n) is 4.64. The van der Waals surface area contributed by atoms with Crippen molar-refractivity contribution in [2.45, 2.75) is 0 Å². The highest BCUT2D eigenvalue weighted by molar-refractivity contribution is 9.10. The zero-order chi connectivity index (χ0) is 11.5. The van der Waals surface area contributed by atoms with Gasteiger partial charge in [0.1, 0.15) is 4.88 Å². The van der Waals surface area contributed by atoms with Gasteiger partial charge in [0.05, 0.1) is 7.11 Å². The van der Waals surface area contributed by atoms with Crippen LogP contribution < -0.4 is 0 Å². The molecule has 0 saturated heterocycles. The number of esters is 1. The van der Waals surface area contributed by atoms with Gasteiger partial charge in [0.25, 0.3) is 0 Å². The van der Waals surface area contributed by atoms with E-state index in [1.54, 1.807) is 0 Å². The predicted octanol–water partition coefficient (Wildman–Crippen LogP) is 3.96. The van der Waals surface area contributed by atoms with Crippen LogP contribution in [0.4, 0.5) is 0 Å². The standard InChI is InChI=1S/C12H9BrO2S/c1-15-12(14)11-6-8(7-16-11)9-4-2-3-5-10(9)13/h2-7H,1H3. The van der Waals surface area contributed by atoms with Crippen molar-refractivity contribution >= 4 is 33.2 Å². The molecule has 82 valence electrons. The Labute approximate surface area is 106 Å². The minimum absolute atomic E-state index is 0.289. The number of carbonyl (C=O) groups is 1. The van der Waals surface area contributed by atoms with Crippen LogP contribution in [0.3, 0.4) is 0 Å². The van der Waals surface area contributed by atoms with Crippen molar-refractivity contribution < 1.29 is 9.53 Å². The Bertz CT molecular complexity index is 519. The zero-order valence-electron chi connectivity index (χ0n) is 8.57. The van der Waals surface area contributed by atoms with Crippen LogP contribution in [-0.2, 0) is 4.74 Å². The summed E-state index contributed by atoms with van der Waals surface area (Å²) in [5.74, 6) is -0.289. The van der Waals surface area contributed by atoms with Gasteiger partial charge in [-0.25, -0.2) is 4.79 Å². The Morgan fingerprint density at radius 2 is 2.12 bits per heavy atom. The molecule has 1 heterocycles. The van der Waals surface area contributed by atoms with E-state index in [-0.39, 0.29) is 5.97 Å². The SMILES string of the molecule is COC(=O)c1cc(-c2ccccc2Br)cs1. The van der Waals surface area contributed by atoms with Gasteiger partial charge < -0.3 is 4.74 Å². The lowest BCUT2D eigenvalue weighted by atomic mass is 10.1. The molecule has 0 radical (unpaired) electrons. The average Bonchev–Trinajstić information content (AvgIpc) is 2.78. The number of carbonyl (C=O) groups excluding carboxylic acids is 1. The van der Waals surface area contributed by atoms with E-state index >= 15 is 0 Å². The Kier molecular flexibility index (Phi) is 3.41. The molecule has 1 aromatic heterocycles. The summed E-state index contributed by atoms with van der Waals surface area (Å²) in [5, 5.41) is 1.95. The van der Waals surface area contributed by atoms with Crippen molar-refractivity contribution in [3.05, 3.63) is 45.1 Å². The third-order valence-electron chi connectivity index (χ3n) is 2.17. The van der Waals surface area contributed by atoms with E-state index in [2.05, 4.69) is 20.7 Å². The minimum Gasteiger partial charge on any atom is -0.465 e. The van der Waals surface area contributed by atoms with E-state index in [0.29, 0.717) is 4.88 Å². The maximum Gasteiger partial charge on any atom is 0.348 e. The summed E-state index contributed by atoms with van der Waals surface area (Å²) in [6.07, 6.45) is 0. The Balaban J connectivity index is 2.39. The molecule has 16 heavy (non-hydrogen) atoms. The highest BCUT2D eigenvalue weighted by atomic mass is 79.9. The summed E-state index contributed by atoms with van der Waals surface area (Å²) in [4.78, 5) is 11.9. The van der Waals surface area contributed by atoms with E-state index in [4.69, 9.17) is 0 Å². The first-order chi connectivity index (χ1) is 7.72. The van der Waals surface area contributed by atoms with Gasteiger partial charge in [0, 0.05) is 4.47 Å². The lowest BCUT2D eigenvalue weighted by Crippen LogP contribution is -1.96. The van der Waals surface area contributed by atoms with Crippen LogP contribution in [-0.4, -0.2) is 13.1 Å². The van der Waals surface area contributed by atoms with Crippen LogP contribution >= 0.6 is 27.3 Å². The van der Waals surface area contributed by atoms with Crippen molar-refractivity contribution in [3.63, 3.8) is 0 Å². The summed E-state index contributed by atoms with van der Waals surface area (Å²) < 4.78 is 5.69. The Morgan fingerprint density at radius 3 is 2.81 bits per heavy atom. The molecule has 0 N–H and O–H groups in total. The van der Waals surface area contributed by atoms with Crippen molar-refractivity contribution in [2.24, 2.45) is 0 Å². The van der Waals surface area contributed by atoms with E-state index in [1.807, 2.05) is 35.7 Å². The fourth-order valence-electron chi connectivity index (χ4n) is 1.38. The molecule has 0 aliphatic heterocycles. The molecule has 2 nitrogen and oxygen atoms in total. The summed E-state index contributed by atoms with van der Waals surface area (Å²) in [7, 11) is 1.39. The van der Waals surface area contributed by atoms with Gasteiger partial charge in [-0.05, 0) is 28.6 Å². The smallest absolute Gasteiger partial charge is 0.348 e. The summed E-state index contributed by atoms with van der Waals surface area (Å²) in [6.45, 7) is 0. The third kappa shape index (κ3) is 2.18. The van der Waals surface area contributed by atoms with Gasteiger partial charge in [-0.15, -0.1) is 11.3 Å². The molecule has 0 atom stereocenters. The van der Waals surface area contributed by atoms with E-state index in [0.717, 1.165) is 15.6 Å². The molecule has 0 amide bonds. The molecule has 0 unspecified atom stereocenters. The molecule has 4 heteroatoms. The second-order valence-corrected chi connectivity index (χ2v) is 4.94. The van der Waals surface area contributed by atoms with Crippen LogP contribution in [0.1, 0.15) is 9.67 Å². The molecule has 0 bridgehead atoms. The number of halogens is 1. The summed E-state index contributed by atoms with van der Waals surface area (Å²) >= 11 is 4.88. The normalized spacial score (nSPS) is 10.1. The van der Waals surface area contributed by atoms with Crippen LogP contribution in [0.5, 0.6) is 0 Å². The van der Waals surface area contributed by atoms with Crippen LogP contribution in [0.2, 0.25) is 0 Å². The van der Waals surface area contributed by atoms with E-state index in [1.165, 1.54) is 18.4 Å². The highest BCUT2D eigenvalue weighted by Crippen LogP contribution is 2.31. The molecule has 0 aliphatic carbocycles. The highest BCUT2D eigenvalue weighted by Gasteiger charge is 2.11. The molecule has 2 rings (SSSR count). The van der Waals surface area contributed by atoms with Gasteiger partial charge >= 0.3 is 5.97 Å². The van der Waals surface area contributed by atoms with Crippen LogP contribution in [0.25, 0.3) is 11.1 Å². The van der Waals surface area contributed by atoms with E-state index in [9.17, 15) is 4.79 Å². The fourth-order valence-corrected chi connectivity index (χ4v) is 2.72. The number of benzene rings is 1. The van der Waals surface area contributed by atoms with Gasteiger partial charge in [-0.3, -0.25) is 0 Å². The Hall–Kier alpha value is -1.13. The predicted molar refractivity (Wildman–Crippen MR) is 68.8 cm³/mol. The first kappa shape index (κ1) is 11.4. The molecular weight excluding hydrogens is 288 g/mol. The number of methoxy groups -OCH3 is 1. The number of rotatable bonds is 2. The number of thiophene rings is 1. The maximum absolute atomic E-state index is 11.3. The van der Waals surface area contributed by atoms with Crippen LogP contribution in [0, 0.1) is 0 Å². The van der Waals surface area contributed by atoms with Gasteiger partial charge in [0.15, 0.2) is 0 Å². The van der Waals surface area contributed by atoms with Gasteiger partial charge in [0.2, 0.25) is 0 Å². The monoisotopic (exact) mass is 296 g/mol. The molecule has 0 saturated carbocycles. The molecule has 1 aromatic carbocycles.